The van der Waals surface area contributed by atoms with Crippen LogP contribution in [0.4, 0.5) is 0 Å². The van der Waals surface area contributed by atoms with E-state index in [9.17, 15) is 9.59 Å². The van der Waals surface area contributed by atoms with Crippen LogP contribution in [0.3, 0.4) is 0 Å². The Morgan fingerprint density at radius 2 is 1.50 bits per heavy atom. The number of carbonyl (C=O) groups is 2. The van der Waals surface area contributed by atoms with Crippen molar-refractivity contribution in [2.75, 3.05) is 47.3 Å². The van der Waals surface area contributed by atoms with Crippen molar-refractivity contribution in [1.82, 2.24) is 14.7 Å². The number of nitrogens with zero attached hydrogens (tertiary/aromatic N) is 3. The molecule has 0 aromatic heterocycles. The molecule has 0 saturated heterocycles. The summed E-state index contributed by atoms with van der Waals surface area (Å²) in [6, 6.07) is 0. The molecule has 18 heavy (non-hydrogen) atoms. The van der Waals surface area contributed by atoms with Crippen molar-refractivity contribution in [2.24, 2.45) is 0 Å². The molecule has 0 aliphatic heterocycles. The van der Waals surface area contributed by atoms with Crippen LogP contribution in [0.2, 0.25) is 0 Å². The summed E-state index contributed by atoms with van der Waals surface area (Å²) in [6.07, 6.45) is 0. The third kappa shape index (κ3) is 6.39. The first-order chi connectivity index (χ1) is 8.27. The second-order valence-corrected chi connectivity index (χ2v) is 4.83. The molecular weight excluding hydrogens is 230 g/mol. The summed E-state index contributed by atoms with van der Waals surface area (Å²) < 4.78 is 0. The Morgan fingerprint density at radius 1 is 1.00 bits per heavy atom. The molecule has 0 aliphatic rings. The summed E-state index contributed by atoms with van der Waals surface area (Å²) in [5, 5.41) is 0. The fourth-order valence-corrected chi connectivity index (χ4v) is 1.46. The zero-order chi connectivity index (χ0) is 14.3. The topological polar surface area (TPSA) is 43.9 Å². The molecule has 0 rings (SSSR count). The van der Waals surface area contributed by atoms with Gasteiger partial charge in [-0.3, -0.25) is 14.5 Å². The van der Waals surface area contributed by atoms with Gasteiger partial charge in [0.15, 0.2) is 0 Å². The minimum absolute atomic E-state index is 0.00625. The van der Waals surface area contributed by atoms with Crippen molar-refractivity contribution in [2.45, 2.75) is 13.8 Å². The lowest BCUT2D eigenvalue weighted by Crippen LogP contribution is -2.42. The van der Waals surface area contributed by atoms with E-state index in [2.05, 4.69) is 6.58 Å². The first-order valence-corrected chi connectivity index (χ1v) is 6.08. The van der Waals surface area contributed by atoms with Gasteiger partial charge in [-0.2, -0.15) is 0 Å². The Morgan fingerprint density at radius 3 is 1.89 bits per heavy atom. The molecule has 0 bridgehead atoms. The molecule has 0 fully saturated rings. The number of amides is 2. The van der Waals surface area contributed by atoms with Crippen LogP contribution in [0.5, 0.6) is 0 Å². The van der Waals surface area contributed by atoms with Crippen LogP contribution in [0.15, 0.2) is 12.2 Å². The molecule has 0 aliphatic carbocycles. The molecule has 0 aromatic rings. The molecule has 0 N–H and O–H groups in total. The summed E-state index contributed by atoms with van der Waals surface area (Å²) >= 11 is 0. The number of hydrogen-bond acceptors (Lipinski definition) is 3. The SMILES string of the molecule is C=C(C)CN(CC)C(=O)CN(C)CC(=O)N(C)C. The Labute approximate surface area is 110 Å². The zero-order valence-corrected chi connectivity index (χ0v) is 12.2. The summed E-state index contributed by atoms with van der Waals surface area (Å²) in [6.45, 7) is 9.37. The third-order valence-corrected chi connectivity index (χ3v) is 2.50. The van der Waals surface area contributed by atoms with Crippen molar-refractivity contribution < 1.29 is 9.59 Å². The Kier molecular flexibility index (Phi) is 7.27. The molecule has 0 heterocycles. The number of likely N-dealkylation sites (N-methyl/N-ethyl adjacent to an activating group) is 3. The predicted molar refractivity (Wildman–Crippen MR) is 73.3 cm³/mol. The molecule has 0 atom stereocenters. The molecule has 0 saturated carbocycles. The smallest absolute Gasteiger partial charge is 0.237 e. The zero-order valence-electron chi connectivity index (χ0n) is 12.2. The molecule has 104 valence electrons. The quantitative estimate of drug-likeness (QED) is 0.620. The van der Waals surface area contributed by atoms with E-state index in [4.69, 9.17) is 0 Å². The number of hydrogen-bond donors (Lipinski definition) is 0. The summed E-state index contributed by atoms with van der Waals surface area (Å²) in [5.74, 6) is 0.0165. The highest BCUT2D eigenvalue weighted by molar-refractivity contribution is 5.81. The largest absolute Gasteiger partial charge is 0.348 e. The maximum absolute atomic E-state index is 12.0. The fraction of sp³-hybridized carbons (Fsp3) is 0.692. The minimum atomic E-state index is -0.00625. The van der Waals surface area contributed by atoms with Crippen molar-refractivity contribution in [3.8, 4) is 0 Å². The van der Waals surface area contributed by atoms with Gasteiger partial charge in [0.05, 0.1) is 13.1 Å². The van der Waals surface area contributed by atoms with E-state index in [1.807, 2.05) is 13.8 Å². The van der Waals surface area contributed by atoms with Crippen molar-refractivity contribution in [3.05, 3.63) is 12.2 Å². The Balaban J connectivity index is 4.28. The van der Waals surface area contributed by atoms with Gasteiger partial charge in [-0.15, -0.1) is 0 Å². The van der Waals surface area contributed by atoms with E-state index >= 15 is 0 Å². The number of rotatable bonds is 7. The Hall–Kier alpha value is -1.36. The van der Waals surface area contributed by atoms with Gasteiger partial charge in [-0.05, 0) is 20.9 Å². The van der Waals surface area contributed by atoms with Gasteiger partial charge in [0.1, 0.15) is 0 Å². The summed E-state index contributed by atoms with van der Waals surface area (Å²) in [5.41, 5.74) is 0.956. The molecule has 0 unspecified atom stereocenters. The van der Waals surface area contributed by atoms with Gasteiger partial charge in [-0.1, -0.05) is 12.2 Å². The molecular formula is C13H25N3O2. The second kappa shape index (κ2) is 7.87. The predicted octanol–water partition coefficient (Wildman–Crippen LogP) is 0.431. The van der Waals surface area contributed by atoms with Crippen LogP contribution >= 0.6 is 0 Å². The molecule has 5 heteroatoms. The molecule has 0 spiro atoms. The lowest BCUT2D eigenvalue weighted by Gasteiger charge is -2.24. The van der Waals surface area contributed by atoms with Crippen LogP contribution < -0.4 is 0 Å². The molecule has 5 nitrogen and oxygen atoms in total. The van der Waals surface area contributed by atoms with Gasteiger partial charge in [-0.25, -0.2) is 0 Å². The average Bonchev–Trinajstić information content (AvgIpc) is 2.24. The van der Waals surface area contributed by atoms with Gasteiger partial charge in [0.2, 0.25) is 11.8 Å². The van der Waals surface area contributed by atoms with Gasteiger partial charge >= 0.3 is 0 Å². The second-order valence-electron chi connectivity index (χ2n) is 4.83. The van der Waals surface area contributed by atoms with E-state index in [-0.39, 0.29) is 24.9 Å². The van der Waals surface area contributed by atoms with E-state index in [0.717, 1.165) is 5.57 Å². The van der Waals surface area contributed by atoms with Gasteiger partial charge in [0.25, 0.3) is 0 Å². The maximum Gasteiger partial charge on any atom is 0.237 e. The third-order valence-electron chi connectivity index (χ3n) is 2.50. The lowest BCUT2D eigenvalue weighted by atomic mass is 10.3. The van der Waals surface area contributed by atoms with E-state index in [1.165, 1.54) is 4.90 Å². The Bertz CT molecular complexity index is 313. The highest BCUT2D eigenvalue weighted by atomic mass is 16.2. The maximum atomic E-state index is 12.0. The van der Waals surface area contributed by atoms with Crippen molar-refractivity contribution in [3.63, 3.8) is 0 Å². The van der Waals surface area contributed by atoms with Crippen molar-refractivity contribution in [1.29, 1.82) is 0 Å². The molecule has 2 amide bonds. The summed E-state index contributed by atoms with van der Waals surface area (Å²) in [7, 11) is 5.18. The van der Waals surface area contributed by atoms with Crippen LogP contribution in [0.1, 0.15) is 13.8 Å². The molecule has 0 radical (unpaired) electrons. The fourth-order valence-electron chi connectivity index (χ4n) is 1.46. The van der Waals surface area contributed by atoms with Crippen LogP contribution in [0, 0.1) is 0 Å². The number of carbonyl (C=O) groups excluding carboxylic acids is 2. The first kappa shape index (κ1) is 16.6. The normalized spacial score (nSPS) is 10.3. The molecule has 0 aromatic carbocycles. The first-order valence-electron chi connectivity index (χ1n) is 6.08. The monoisotopic (exact) mass is 255 g/mol. The van der Waals surface area contributed by atoms with Crippen LogP contribution in [-0.2, 0) is 9.59 Å². The van der Waals surface area contributed by atoms with Gasteiger partial charge < -0.3 is 9.80 Å². The highest BCUT2D eigenvalue weighted by Crippen LogP contribution is 1.98. The van der Waals surface area contributed by atoms with E-state index < -0.39 is 0 Å². The highest BCUT2D eigenvalue weighted by Gasteiger charge is 2.16. The van der Waals surface area contributed by atoms with E-state index in [1.54, 1.807) is 30.9 Å². The standard InChI is InChI=1S/C13H25N3O2/c1-7-16(8-11(2)3)13(18)10-15(6)9-12(17)14(4)5/h2,7-10H2,1,3-6H3. The summed E-state index contributed by atoms with van der Waals surface area (Å²) in [4.78, 5) is 28.5. The van der Waals surface area contributed by atoms with Crippen LogP contribution in [0.25, 0.3) is 0 Å². The van der Waals surface area contributed by atoms with E-state index in [0.29, 0.717) is 13.1 Å². The van der Waals surface area contributed by atoms with Crippen molar-refractivity contribution >= 4 is 11.8 Å². The van der Waals surface area contributed by atoms with Gasteiger partial charge in [0, 0.05) is 27.2 Å². The average molecular weight is 255 g/mol. The minimum Gasteiger partial charge on any atom is -0.348 e. The lowest BCUT2D eigenvalue weighted by molar-refractivity contribution is -0.133. The van der Waals surface area contributed by atoms with Crippen LogP contribution in [-0.4, -0.2) is 73.8 Å².